The molecule has 0 saturated heterocycles. The molecule has 7 heteroatoms. The van der Waals surface area contributed by atoms with Crippen LogP contribution >= 0.6 is 0 Å². The molecule has 5 heterocycles. The second-order valence-electron chi connectivity index (χ2n) is 15.4. The maximum atomic E-state index is 5.16. The molecule has 0 amide bonds. The molecule has 62 heavy (non-hydrogen) atoms. The second kappa shape index (κ2) is 14.6. The monoisotopic (exact) mass is 793 g/mol. The van der Waals surface area contributed by atoms with Crippen molar-refractivity contribution in [3.8, 4) is 79.2 Å². The van der Waals surface area contributed by atoms with Crippen molar-refractivity contribution in [2.75, 3.05) is 0 Å². The average Bonchev–Trinajstić information content (AvgIpc) is 3.94. The van der Waals surface area contributed by atoms with Gasteiger partial charge in [-0.05, 0) is 51.9 Å². The Morgan fingerprint density at radius 2 is 0.694 bits per heavy atom. The molecule has 0 unspecified atom stereocenters. The first kappa shape index (κ1) is 35.4. The highest BCUT2D eigenvalue weighted by molar-refractivity contribution is 6.08. The molecule has 0 radical (unpaired) electrons. The molecule has 0 aliphatic carbocycles. The number of hydrogen-bond donors (Lipinski definition) is 0. The minimum Gasteiger partial charge on any atom is -0.299 e. The molecule has 290 valence electrons. The van der Waals surface area contributed by atoms with Gasteiger partial charge in [-0.2, -0.15) is 0 Å². The van der Waals surface area contributed by atoms with Gasteiger partial charge >= 0.3 is 0 Å². The molecule has 0 atom stereocenters. The van der Waals surface area contributed by atoms with Crippen molar-refractivity contribution in [2.24, 2.45) is 0 Å². The lowest BCUT2D eigenvalue weighted by molar-refractivity contribution is 1.07. The van der Waals surface area contributed by atoms with Gasteiger partial charge in [0.25, 0.3) is 0 Å². The molecular formula is C55H35N7. The zero-order valence-electron chi connectivity index (χ0n) is 33.3. The third-order valence-electron chi connectivity index (χ3n) is 11.6. The fourth-order valence-electron chi connectivity index (χ4n) is 8.61. The first-order valence-electron chi connectivity index (χ1n) is 20.7. The first-order valence-corrected chi connectivity index (χ1v) is 20.7. The van der Waals surface area contributed by atoms with Gasteiger partial charge in [0.15, 0.2) is 17.5 Å². The van der Waals surface area contributed by atoms with Crippen molar-refractivity contribution in [3.05, 3.63) is 213 Å². The summed E-state index contributed by atoms with van der Waals surface area (Å²) < 4.78 is 4.30. The van der Waals surface area contributed by atoms with Crippen LogP contribution in [-0.4, -0.2) is 33.7 Å². The van der Waals surface area contributed by atoms with E-state index in [4.69, 9.17) is 24.9 Å². The standard InChI is InChI=1S/C55H35N7/c1-3-14-37(15-4-1)49-51(61-33-11-9-19-47(61)56-49)39-22-26-41(27-23-39)53-58-54(60-55(59-53)44-31-32-46-43(35-44)30-21-36-13-7-8-18-45(36)46)42-28-24-40(25-29-42)52-50(38-16-5-2-6-17-38)57-48-20-10-12-34-62(48)52/h1-35H. The number of nitrogens with zero attached hydrogens (tertiary/aromatic N) is 7. The molecule has 5 aromatic heterocycles. The smallest absolute Gasteiger partial charge is 0.164 e. The topological polar surface area (TPSA) is 73.3 Å². The van der Waals surface area contributed by atoms with E-state index in [1.807, 2.05) is 48.5 Å². The number of benzene rings is 7. The fourth-order valence-corrected chi connectivity index (χ4v) is 8.61. The molecule has 0 aliphatic heterocycles. The molecule has 12 rings (SSSR count). The van der Waals surface area contributed by atoms with E-state index in [-0.39, 0.29) is 0 Å². The molecule has 0 bridgehead atoms. The van der Waals surface area contributed by atoms with Crippen LogP contribution in [0.1, 0.15) is 0 Å². The summed E-state index contributed by atoms with van der Waals surface area (Å²) in [7, 11) is 0. The predicted octanol–water partition coefficient (Wildman–Crippen LogP) is 13.1. The number of pyridine rings is 2. The van der Waals surface area contributed by atoms with Gasteiger partial charge in [-0.1, -0.05) is 170 Å². The van der Waals surface area contributed by atoms with Crippen LogP contribution in [0.5, 0.6) is 0 Å². The lowest BCUT2D eigenvalue weighted by Crippen LogP contribution is -2.00. The highest BCUT2D eigenvalue weighted by Crippen LogP contribution is 2.37. The van der Waals surface area contributed by atoms with E-state index in [0.717, 1.165) is 78.4 Å². The quantitative estimate of drug-likeness (QED) is 0.150. The minimum absolute atomic E-state index is 0.591. The van der Waals surface area contributed by atoms with Gasteiger partial charge in [-0.25, -0.2) is 24.9 Å². The number of fused-ring (bicyclic) bond motifs is 5. The number of hydrogen-bond acceptors (Lipinski definition) is 5. The Bertz CT molecular complexity index is 3430. The Kier molecular flexibility index (Phi) is 8.35. The Morgan fingerprint density at radius 3 is 1.24 bits per heavy atom. The predicted molar refractivity (Wildman–Crippen MR) is 250 cm³/mol. The minimum atomic E-state index is 0.591. The summed E-state index contributed by atoms with van der Waals surface area (Å²) in [6.45, 7) is 0. The average molecular weight is 794 g/mol. The number of aromatic nitrogens is 7. The Morgan fingerprint density at radius 1 is 0.274 bits per heavy atom. The van der Waals surface area contributed by atoms with Gasteiger partial charge < -0.3 is 0 Å². The summed E-state index contributed by atoms with van der Waals surface area (Å²) in [6.07, 6.45) is 4.14. The largest absolute Gasteiger partial charge is 0.299 e. The van der Waals surface area contributed by atoms with Crippen LogP contribution in [0.3, 0.4) is 0 Å². The highest BCUT2D eigenvalue weighted by atomic mass is 15.0. The van der Waals surface area contributed by atoms with Gasteiger partial charge in [0.05, 0.1) is 22.8 Å². The van der Waals surface area contributed by atoms with Crippen molar-refractivity contribution in [2.45, 2.75) is 0 Å². The van der Waals surface area contributed by atoms with Gasteiger partial charge in [0, 0.05) is 51.3 Å². The highest BCUT2D eigenvalue weighted by Gasteiger charge is 2.19. The molecule has 0 fully saturated rings. The van der Waals surface area contributed by atoms with Crippen LogP contribution in [0.25, 0.3) is 112 Å². The van der Waals surface area contributed by atoms with Gasteiger partial charge in [-0.15, -0.1) is 0 Å². The second-order valence-corrected chi connectivity index (χ2v) is 15.4. The van der Waals surface area contributed by atoms with Crippen molar-refractivity contribution < 1.29 is 0 Å². The molecule has 0 saturated carbocycles. The van der Waals surface area contributed by atoms with Crippen molar-refractivity contribution in [1.29, 1.82) is 0 Å². The van der Waals surface area contributed by atoms with E-state index >= 15 is 0 Å². The Labute approximate surface area is 357 Å². The molecule has 12 aromatic rings. The van der Waals surface area contributed by atoms with E-state index in [1.54, 1.807) is 0 Å². The fraction of sp³-hybridized carbons (Fsp3) is 0. The van der Waals surface area contributed by atoms with Crippen molar-refractivity contribution in [1.82, 2.24) is 33.7 Å². The Balaban J connectivity index is 0.984. The Hall–Kier alpha value is -8.55. The third-order valence-corrected chi connectivity index (χ3v) is 11.6. The molecule has 7 nitrogen and oxygen atoms in total. The molecule has 0 aliphatic rings. The summed E-state index contributed by atoms with van der Waals surface area (Å²) >= 11 is 0. The summed E-state index contributed by atoms with van der Waals surface area (Å²) in [4.78, 5) is 25.6. The molecule has 0 spiro atoms. The maximum absolute atomic E-state index is 5.16. The lowest BCUT2D eigenvalue weighted by atomic mass is 10.00. The van der Waals surface area contributed by atoms with Crippen LogP contribution in [0.15, 0.2) is 213 Å². The zero-order chi connectivity index (χ0) is 41.0. The van der Waals surface area contributed by atoms with Crippen LogP contribution in [-0.2, 0) is 0 Å². The molecular weight excluding hydrogens is 759 g/mol. The van der Waals surface area contributed by atoms with E-state index in [1.165, 1.54) is 16.2 Å². The first-order chi connectivity index (χ1) is 30.7. The van der Waals surface area contributed by atoms with E-state index < -0.39 is 0 Å². The van der Waals surface area contributed by atoms with E-state index in [2.05, 4.69) is 173 Å². The van der Waals surface area contributed by atoms with E-state index in [0.29, 0.717) is 17.5 Å². The number of rotatable bonds is 7. The van der Waals surface area contributed by atoms with Crippen molar-refractivity contribution >= 4 is 32.8 Å². The SMILES string of the molecule is c1ccc(-c2nc3ccccn3c2-c2ccc(-c3nc(-c4ccc(-c5c(-c6ccccc6)nc6ccccn56)cc4)nc(-c4ccc5c(ccc6ccccc65)c4)n3)cc2)cc1. The summed E-state index contributed by atoms with van der Waals surface area (Å²) in [5.41, 5.74) is 12.6. The lowest BCUT2D eigenvalue weighted by Gasteiger charge is -2.11. The van der Waals surface area contributed by atoms with Gasteiger partial charge in [0.1, 0.15) is 11.3 Å². The van der Waals surface area contributed by atoms with Crippen LogP contribution in [0, 0.1) is 0 Å². The molecule has 0 N–H and O–H groups in total. The van der Waals surface area contributed by atoms with Crippen LogP contribution in [0.4, 0.5) is 0 Å². The van der Waals surface area contributed by atoms with Crippen LogP contribution < -0.4 is 0 Å². The summed E-state index contributed by atoms with van der Waals surface area (Å²) in [6, 6.07) is 69.2. The van der Waals surface area contributed by atoms with Crippen molar-refractivity contribution in [3.63, 3.8) is 0 Å². The maximum Gasteiger partial charge on any atom is 0.164 e. The molecule has 7 aromatic carbocycles. The summed E-state index contributed by atoms with van der Waals surface area (Å²) in [5.74, 6) is 1.79. The third kappa shape index (κ3) is 6.11. The zero-order valence-corrected chi connectivity index (χ0v) is 33.3. The number of imidazole rings is 2. The van der Waals surface area contributed by atoms with Gasteiger partial charge in [-0.3, -0.25) is 8.80 Å². The van der Waals surface area contributed by atoms with Gasteiger partial charge in [0.2, 0.25) is 0 Å². The van der Waals surface area contributed by atoms with Crippen LogP contribution in [0.2, 0.25) is 0 Å². The normalized spacial score (nSPS) is 11.5. The van der Waals surface area contributed by atoms with E-state index in [9.17, 15) is 0 Å². The summed E-state index contributed by atoms with van der Waals surface area (Å²) in [5, 5.41) is 4.75.